The van der Waals surface area contributed by atoms with Gasteiger partial charge in [0.1, 0.15) is 0 Å². The normalized spacial score (nSPS) is 10.8. The van der Waals surface area contributed by atoms with Crippen molar-refractivity contribution in [2.24, 2.45) is 0 Å². The van der Waals surface area contributed by atoms with Crippen LogP contribution in [-0.2, 0) is 19.3 Å². The zero-order valence-electron chi connectivity index (χ0n) is 9.69. The van der Waals surface area contributed by atoms with E-state index in [4.69, 9.17) is 0 Å². The minimum atomic E-state index is 1.12. The molecule has 0 bridgehead atoms. The highest BCUT2D eigenvalue weighted by atomic mass is 15.1. The lowest BCUT2D eigenvalue weighted by Gasteiger charge is -2.02. The molecule has 0 aromatic carbocycles. The average molecular weight is 194 g/mol. The van der Waals surface area contributed by atoms with Crippen molar-refractivity contribution in [2.45, 2.75) is 59.3 Å². The van der Waals surface area contributed by atoms with Crippen LogP contribution in [0.15, 0.2) is 0 Å². The highest BCUT2D eigenvalue weighted by Crippen LogP contribution is 2.16. The molecule has 0 fully saturated rings. The third-order valence-electron chi connectivity index (χ3n) is 2.53. The number of aryl methyl sites for hydroxylation is 2. The number of nitrogens with zero attached hydrogens (tertiary/aromatic N) is 1. The summed E-state index contributed by atoms with van der Waals surface area (Å²) >= 11 is 0. The van der Waals surface area contributed by atoms with E-state index in [-0.39, 0.29) is 0 Å². The van der Waals surface area contributed by atoms with Crippen molar-refractivity contribution in [3.8, 4) is 0 Å². The number of aromatic amines is 1. The Kier molecular flexibility index (Phi) is 4.71. The SMILES string of the molecule is CCCc1n[nH]c(CCC)c1CCC. The quantitative estimate of drug-likeness (QED) is 0.739. The molecular weight excluding hydrogens is 172 g/mol. The first-order valence-electron chi connectivity index (χ1n) is 5.88. The van der Waals surface area contributed by atoms with E-state index in [2.05, 4.69) is 31.0 Å². The zero-order chi connectivity index (χ0) is 10.4. The van der Waals surface area contributed by atoms with Crippen LogP contribution in [0.5, 0.6) is 0 Å². The van der Waals surface area contributed by atoms with Gasteiger partial charge >= 0.3 is 0 Å². The molecule has 2 nitrogen and oxygen atoms in total. The summed E-state index contributed by atoms with van der Waals surface area (Å²) in [7, 11) is 0. The summed E-state index contributed by atoms with van der Waals surface area (Å²) in [5, 5.41) is 7.61. The summed E-state index contributed by atoms with van der Waals surface area (Å²) in [4.78, 5) is 0. The molecule has 0 spiro atoms. The van der Waals surface area contributed by atoms with Crippen LogP contribution < -0.4 is 0 Å². The van der Waals surface area contributed by atoms with Crippen molar-refractivity contribution >= 4 is 0 Å². The lowest BCUT2D eigenvalue weighted by Crippen LogP contribution is -1.95. The van der Waals surface area contributed by atoms with Crippen LogP contribution in [0.2, 0.25) is 0 Å². The molecule has 1 heterocycles. The maximum Gasteiger partial charge on any atom is 0.0656 e. The van der Waals surface area contributed by atoms with Gasteiger partial charge in [0.15, 0.2) is 0 Å². The molecule has 1 aromatic rings. The smallest absolute Gasteiger partial charge is 0.0656 e. The number of H-pyrrole nitrogens is 1. The van der Waals surface area contributed by atoms with Gasteiger partial charge in [0.25, 0.3) is 0 Å². The molecule has 80 valence electrons. The van der Waals surface area contributed by atoms with Gasteiger partial charge in [-0.15, -0.1) is 0 Å². The first-order valence-corrected chi connectivity index (χ1v) is 5.88. The zero-order valence-corrected chi connectivity index (χ0v) is 9.69. The molecular formula is C12H22N2. The van der Waals surface area contributed by atoms with E-state index in [9.17, 15) is 0 Å². The molecule has 0 unspecified atom stereocenters. The van der Waals surface area contributed by atoms with E-state index in [0.717, 1.165) is 12.8 Å². The molecule has 0 radical (unpaired) electrons. The Balaban J connectivity index is 2.82. The van der Waals surface area contributed by atoms with Crippen molar-refractivity contribution in [3.05, 3.63) is 17.0 Å². The van der Waals surface area contributed by atoms with E-state index in [1.165, 1.54) is 42.6 Å². The van der Waals surface area contributed by atoms with Crippen molar-refractivity contribution in [1.29, 1.82) is 0 Å². The summed E-state index contributed by atoms with van der Waals surface area (Å²) in [6.07, 6.45) is 7.05. The predicted octanol–water partition coefficient (Wildman–Crippen LogP) is 3.27. The van der Waals surface area contributed by atoms with Crippen LogP contribution in [0.3, 0.4) is 0 Å². The van der Waals surface area contributed by atoms with E-state index < -0.39 is 0 Å². The number of hydrogen-bond donors (Lipinski definition) is 1. The first-order chi connectivity index (χ1) is 6.83. The van der Waals surface area contributed by atoms with E-state index in [1.807, 2.05) is 0 Å². The Hall–Kier alpha value is -0.790. The van der Waals surface area contributed by atoms with Gasteiger partial charge in [-0.1, -0.05) is 40.0 Å². The molecule has 0 aliphatic carbocycles. The number of aromatic nitrogens is 2. The van der Waals surface area contributed by atoms with E-state index in [0.29, 0.717) is 0 Å². The summed E-state index contributed by atoms with van der Waals surface area (Å²) in [6, 6.07) is 0. The standard InChI is InChI=1S/C12H22N2/c1-4-7-10-11(8-5-2)13-14-12(10)9-6-3/h4-9H2,1-3H3,(H,13,14). The fourth-order valence-corrected chi connectivity index (χ4v) is 1.89. The van der Waals surface area contributed by atoms with Crippen LogP contribution in [0, 0.1) is 0 Å². The minimum Gasteiger partial charge on any atom is -0.282 e. The molecule has 1 N–H and O–H groups in total. The molecule has 1 aromatic heterocycles. The predicted molar refractivity (Wildman–Crippen MR) is 60.6 cm³/mol. The Morgan fingerprint density at radius 3 is 2.14 bits per heavy atom. The number of rotatable bonds is 6. The van der Waals surface area contributed by atoms with Crippen molar-refractivity contribution in [2.75, 3.05) is 0 Å². The van der Waals surface area contributed by atoms with Gasteiger partial charge in [-0.3, -0.25) is 5.10 Å². The molecule has 1 rings (SSSR count). The molecule has 0 aliphatic rings. The highest BCUT2D eigenvalue weighted by molar-refractivity contribution is 5.25. The maximum atomic E-state index is 4.42. The fourth-order valence-electron chi connectivity index (χ4n) is 1.89. The fraction of sp³-hybridized carbons (Fsp3) is 0.750. The average Bonchev–Trinajstić information content (AvgIpc) is 2.52. The Labute approximate surface area is 87.1 Å². The van der Waals surface area contributed by atoms with Crippen LogP contribution in [0.4, 0.5) is 0 Å². The Morgan fingerprint density at radius 2 is 1.57 bits per heavy atom. The van der Waals surface area contributed by atoms with Crippen LogP contribution in [0.25, 0.3) is 0 Å². The van der Waals surface area contributed by atoms with Crippen LogP contribution in [-0.4, -0.2) is 10.2 Å². The molecule has 14 heavy (non-hydrogen) atoms. The van der Waals surface area contributed by atoms with Gasteiger partial charge in [-0.25, -0.2) is 0 Å². The van der Waals surface area contributed by atoms with Crippen molar-refractivity contribution < 1.29 is 0 Å². The Bertz CT molecular complexity index is 240. The number of hydrogen-bond acceptors (Lipinski definition) is 1. The lowest BCUT2D eigenvalue weighted by atomic mass is 10.0. The second kappa shape index (κ2) is 5.84. The molecule has 0 saturated heterocycles. The summed E-state index contributed by atoms with van der Waals surface area (Å²) in [5.74, 6) is 0. The minimum absolute atomic E-state index is 1.12. The van der Waals surface area contributed by atoms with Gasteiger partial charge in [0.2, 0.25) is 0 Å². The third kappa shape index (κ3) is 2.60. The molecule has 0 atom stereocenters. The van der Waals surface area contributed by atoms with Gasteiger partial charge in [0, 0.05) is 5.69 Å². The molecule has 0 saturated carbocycles. The Morgan fingerprint density at radius 1 is 0.929 bits per heavy atom. The van der Waals surface area contributed by atoms with Gasteiger partial charge in [-0.05, 0) is 24.8 Å². The number of nitrogens with one attached hydrogen (secondary N) is 1. The van der Waals surface area contributed by atoms with E-state index in [1.54, 1.807) is 0 Å². The van der Waals surface area contributed by atoms with Gasteiger partial charge in [0.05, 0.1) is 5.69 Å². The van der Waals surface area contributed by atoms with Crippen LogP contribution in [0.1, 0.15) is 57.0 Å². The van der Waals surface area contributed by atoms with Crippen LogP contribution >= 0.6 is 0 Å². The highest BCUT2D eigenvalue weighted by Gasteiger charge is 2.10. The first kappa shape index (κ1) is 11.3. The van der Waals surface area contributed by atoms with Crippen molar-refractivity contribution in [3.63, 3.8) is 0 Å². The second-order valence-corrected chi connectivity index (χ2v) is 3.88. The van der Waals surface area contributed by atoms with E-state index >= 15 is 0 Å². The molecule has 2 heteroatoms. The third-order valence-corrected chi connectivity index (χ3v) is 2.53. The lowest BCUT2D eigenvalue weighted by molar-refractivity contribution is 0.829. The molecule has 0 amide bonds. The summed E-state index contributed by atoms with van der Waals surface area (Å²) in [6.45, 7) is 6.67. The molecule has 0 aliphatic heterocycles. The van der Waals surface area contributed by atoms with Crippen molar-refractivity contribution in [1.82, 2.24) is 10.2 Å². The summed E-state index contributed by atoms with van der Waals surface area (Å²) < 4.78 is 0. The monoisotopic (exact) mass is 194 g/mol. The summed E-state index contributed by atoms with van der Waals surface area (Å²) in [5.41, 5.74) is 4.17. The van der Waals surface area contributed by atoms with Gasteiger partial charge in [-0.2, -0.15) is 5.10 Å². The second-order valence-electron chi connectivity index (χ2n) is 3.88. The van der Waals surface area contributed by atoms with Gasteiger partial charge < -0.3 is 0 Å². The largest absolute Gasteiger partial charge is 0.282 e. The topological polar surface area (TPSA) is 28.7 Å². The maximum absolute atomic E-state index is 4.42.